The maximum atomic E-state index is 12.3. The topological polar surface area (TPSA) is 70.5 Å². The zero-order valence-corrected chi connectivity index (χ0v) is 13.7. The van der Waals surface area contributed by atoms with Gasteiger partial charge in [0, 0.05) is 32.4 Å². The quantitative estimate of drug-likeness (QED) is 0.917. The predicted octanol–water partition coefficient (Wildman–Crippen LogP) is 1.82. The number of amides is 3. The Bertz CT molecular complexity index is 767. The fourth-order valence-electron chi connectivity index (χ4n) is 2.76. The minimum atomic E-state index is -0.0930. The van der Waals surface area contributed by atoms with E-state index in [1.54, 1.807) is 28.1 Å². The number of nitrogens with zero attached hydrogens (tertiary/aromatic N) is 4. The van der Waals surface area contributed by atoms with Gasteiger partial charge < -0.3 is 10.2 Å². The Kier molecular flexibility index (Phi) is 3.50. The lowest BCUT2D eigenvalue weighted by molar-refractivity contribution is 0.0506. The van der Waals surface area contributed by atoms with Gasteiger partial charge in [0.15, 0.2) is 0 Å². The molecular formula is C14H14ClN5O2S. The van der Waals surface area contributed by atoms with Gasteiger partial charge in [0.25, 0.3) is 5.91 Å². The molecule has 2 fully saturated rings. The molecule has 0 unspecified atom stereocenters. The molecule has 2 saturated heterocycles. The summed E-state index contributed by atoms with van der Waals surface area (Å²) < 4.78 is 2.44. The molecule has 2 aliphatic rings. The van der Waals surface area contributed by atoms with E-state index in [-0.39, 0.29) is 18.0 Å². The molecule has 2 aliphatic heterocycles. The van der Waals surface area contributed by atoms with Crippen LogP contribution in [0.1, 0.15) is 15.7 Å². The highest BCUT2D eigenvalue weighted by Gasteiger charge is 2.34. The number of urea groups is 1. The van der Waals surface area contributed by atoms with E-state index in [2.05, 4.69) is 10.4 Å². The highest BCUT2D eigenvalue weighted by Crippen LogP contribution is 2.28. The average Bonchev–Trinajstić information content (AvgIpc) is 3.18. The third-order valence-corrected chi connectivity index (χ3v) is 5.28. The number of carbonyl (C=O) groups is 2. The van der Waals surface area contributed by atoms with Gasteiger partial charge in [-0.25, -0.2) is 4.79 Å². The summed E-state index contributed by atoms with van der Waals surface area (Å²) in [5.74, 6) is 0.00412. The number of carbonyl (C=O) groups excluding carboxylic acids is 2. The number of likely N-dealkylation sites (tertiary alicyclic amines) is 1. The van der Waals surface area contributed by atoms with E-state index in [0.29, 0.717) is 35.4 Å². The molecule has 2 aromatic heterocycles. The first-order valence-corrected chi connectivity index (χ1v) is 8.45. The molecule has 23 heavy (non-hydrogen) atoms. The Morgan fingerprint density at radius 3 is 2.87 bits per heavy atom. The van der Waals surface area contributed by atoms with Crippen molar-refractivity contribution in [3.8, 4) is 0 Å². The van der Waals surface area contributed by atoms with Gasteiger partial charge in [-0.05, 0) is 12.1 Å². The minimum Gasteiger partial charge on any atom is -0.336 e. The normalized spacial score (nSPS) is 18.2. The number of anilines is 1. The first-order valence-electron chi connectivity index (χ1n) is 7.26. The van der Waals surface area contributed by atoms with Crippen LogP contribution < -0.4 is 10.2 Å². The Morgan fingerprint density at radius 1 is 1.39 bits per heavy atom. The second kappa shape index (κ2) is 5.54. The first-order chi connectivity index (χ1) is 11.1. The van der Waals surface area contributed by atoms with Gasteiger partial charge in [0.2, 0.25) is 0 Å². The van der Waals surface area contributed by atoms with Crippen LogP contribution in [-0.2, 0) is 0 Å². The van der Waals surface area contributed by atoms with Crippen LogP contribution >= 0.6 is 22.9 Å². The summed E-state index contributed by atoms with van der Waals surface area (Å²) in [6.07, 6.45) is 3.55. The van der Waals surface area contributed by atoms with Crippen LogP contribution in [0.4, 0.5) is 10.5 Å². The molecule has 0 aliphatic carbocycles. The lowest BCUT2D eigenvalue weighted by atomic mass is 10.1. The summed E-state index contributed by atoms with van der Waals surface area (Å²) in [6.45, 7) is 2.53. The third-order valence-electron chi connectivity index (χ3n) is 4.06. The predicted molar refractivity (Wildman–Crippen MR) is 87.2 cm³/mol. The number of hydrogen-bond donors (Lipinski definition) is 1. The van der Waals surface area contributed by atoms with E-state index in [0.717, 1.165) is 5.69 Å². The maximum absolute atomic E-state index is 12.3. The lowest BCUT2D eigenvalue weighted by Gasteiger charge is -2.38. The molecule has 7 nitrogen and oxygen atoms in total. The fraction of sp³-hybridized carbons (Fsp3) is 0.357. The van der Waals surface area contributed by atoms with Crippen molar-refractivity contribution in [1.29, 1.82) is 0 Å². The highest BCUT2D eigenvalue weighted by molar-refractivity contribution is 7.17. The van der Waals surface area contributed by atoms with E-state index in [1.807, 2.05) is 10.9 Å². The molecule has 2 aromatic rings. The van der Waals surface area contributed by atoms with Gasteiger partial charge in [0.1, 0.15) is 0 Å². The van der Waals surface area contributed by atoms with Crippen LogP contribution in [0.15, 0.2) is 24.5 Å². The number of hydrogen-bond acceptors (Lipinski definition) is 4. The summed E-state index contributed by atoms with van der Waals surface area (Å²) in [7, 11) is 0. The third kappa shape index (κ3) is 2.57. The van der Waals surface area contributed by atoms with Crippen molar-refractivity contribution >= 4 is 40.6 Å². The Hall–Kier alpha value is -2.06. The second-order valence-electron chi connectivity index (χ2n) is 5.53. The summed E-state index contributed by atoms with van der Waals surface area (Å²) in [4.78, 5) is 28.0. The summed E-state index contributed by atoms with van der Waals surface area (Å²) >= 11 is 7.16. The fourth-order valence-corrected chi connectivity index (χ4v) is 3.77. The largest absolute Gasteiger partial charge is 0.336 e. The highest BCUT2D eigenvalue weighted by atomic mass is 35.5. The standard InChI is InChI=1S/C14H14ClN5O2S/c15-12-2-1-11(23-12)13(21)18-6-10(7-18)20-8-9(5-17-20)19-4-3-16-14(19)22/h1-2,5,8,10H,3-4,6-7H2,(H,16,22). The van der Waals surface area contributed by atoms with Crippen LogP contribution in [0.5, 0.6) is 0 Å². The van der Waals surface area contributed by atoms with Crippen LogP contribution in [0.2, 0.25) is 4.34 Å². The maximum Gasteiger partial charge on any atom is 0.322 e. The van der Waals surface area contributed by atoms with Crippen molar-refractivity contribution in [2.45, 2.75) is 6.04 Å². The smallest absolute Gasteiger partial charge is 0.322 e. The average molecular weight is 352 g/mol. The molecule has 0 spiro atoms. The minimum absolute atomic E-state index is 0.00412. The van der Waals surface area contributed by atoms with Crippen LogP contribution in [0, 0.1) is 0 Å². The van der Waals surface area contributed by atoms with E-state index < -0.39 is 0 Å². The summed E-state index contributed by atoms with van der Waals surface area (Å²) in [5, 5.41) is 7.09. The molecular weight excluding hydrogens is 338 g/mol. The van der Waals surface area contributed by atoms with Crippen molar-refractivity contribution in [2.24, 2.45) is 0 Å². The van der Waals surface area contributed by atoms with Gasteiger partial charge in [-0.2, -0.15) is 5.10 Å². The summed E-state index contributed by atoms with van der Waals surface area (Å²) in [5.41, 5.74) is 0.787. The Labute approximate surface area is 141 Å². The van der Waals surface area contributed by atoms with E-state index in [4.69, 9.17) is 11.6 Å². The SMILES string of the molecule is O=C(c1ccc(Cl)s1)N1CC(n2cc(N3CCNC3=O)cn2)C1. The zero-order valence-electron chi connectivity index (χ0n) is 12.1. The van der Waals surface area contributed by atoms with E-state index >= 15 is 0 Å². The zero-order chi connectivity index (χ0) is 16.0. The Balaban J connectivity index is 1.39. The molecule has 0 atom stereocenters. The molecule has 9 heteroatoms. The van der Waals surface area contributed by atoms with Crippen LogP contribution in [0.25, 0.3) is 0 Å². The second-order valence-corrected chi connectivity index (χ2v) is 7.24. The molecule has 4 heterocycles. The molecule has 4 rings (SSSR count). The van der Waals surface area contributed by atoms with Crippen molar-refractivity contribution in [3.63, 3.8) is 0 Å². The molecule has 3 amide bonds. The number of aromatic nitrogens is 2. The number of nitrogens with one attached hydrogen (secondary N) is 1. The van der Waals surface area contributed by atoms with Gasteiger partial charge in [0.05, 0.1) is 27.1 Å². The molecule has 0 radical (unpaired) electrons. The van der Waals surface area contributed by atoms with Crippen molar-refractivity contribution < 1.29 is 9.59 Å². The van der Waals surface area contributed by atoms with E-state index in [1.165, 1.54) is 11.3 Å². The monoisotopic (exact) mass is 351 g/mol. The number of rotatable bonds is 3. The van der Waals surface area contributed by atoms with Gasteiger partial charge in [-0.3, -0.25) is 14.4 Å². The summed E-state index contributed by atoms with van der Waals surface area (Å²) in [6, 6.07) is 3.54. The van der Waals surface area contributed by atoms with Gasteiger partial charge in [-0.1, -0.05) is 11.6 Å². The van der Waals surface area contributed by atoms with Gasteiger partial charge in [-0.15, -0.1) is 11.3 Å². The lowest BCUT2D eigenvalue weighted by Crippen LogP contribution is -2.50. The molecule has 1 N–H and O–H groups in total. The van der Waals surface area contributed by atoms with Crippen molar-refractivity contribution in [3.05, 3.63) is 33.7 Å². The number of thiophene rings is 1. The molecule has 0 aromatic carbocycles. The molecule has 0 saturated carbocycles. The number of halogens is 1. The molecule has 0 bridgehead atoms. The molecule has 120 valence electrons. The van der Waals surface area contributed by atoms with Crippen molar-refractivity contribution in [1.82, 2.24) is 20.0 Å². The Morgan fingerprint density at radius 2 is 2.22 bits per heavy atom. The van der Waals surface area contributed by atoms with E-state index in [9.17, 15) is 9.59 Å². The van der Waals surface area contributed by atoms with Crippen LogP contribution in [0.3, 0.4) is 0 Å². The van der Waals surface area contributed by atoms with Gasteiger partial charge >= 0.3 is 6.03 Å². The van der Waals surface area contributed by atoms with Crippen LogP contribution in [-0.4, -0.2) is 52.8 Å². The van der Waals surface area contributed by atoms with Crippen molar-refractivity contribution in [2.75, 3.05) is 31.1 Å². The first kappa shape index (κ1) is 14.5.